The SMILES string of the molecule is O=S(=O)(Cl)CCS(=O)(=O)c1cccs1. The molecule has 0 bridgehead atoms. The number of hydrogen-bond acceptors (Lipinski definition) is 5. The maximum absolute atomic E-state index is 11.4. The molecule has 1 aromatic heterocycles. The van der Waals surface area contributed by atoms with Crippen LogP contribution in [0.4, 0.5) is 0 Å². The first-order valence-corrected chi connectivity index (χ1v) is 8.51. The second kappa shape index (κ2) is 4.18. The topological polar surface area (TPSA) is 68.3 Å². The predicted octanol–water partition coefficient (Wildman–Crippen LogP) is 1.09. The molecule has 0 spiro atoms. The summed E-state index contributed by atoms with van der Waals surface area (Å²) >= 11 is 1.05. The molecule has 8 heteroatoms. The van der Waals surface area contributed by atoms with Crippen LogP contribution in [-0.2, 0) is 18.9 Å². The summed E-state index contributed by atoms with van der Waals surface area (Å²) in [5.41, 5.74) is 0. The highest BCUT2D eigenvalue weighted by atomic mass is 35.7. The lowest BCUT2D eigenvalue weighted by molar-refractivity contribution is 0.594. The van der Waals surface area contributed by atoms with Crippen molar-refractivity contribution in [2.75, 3.05) is 11.5 Å². The molecule has 4 nitrogen and oxygen atoms in total. The number of hydrogen-bond donors (Lipinski definition) is 0. The molecule has 0 aliphatic heterocycles. The van der Waals surface area contributed by atoms with Gasteiger partial charge in [-0.05, 0) is 11.4 Å². The fourth-order valence-corrected chi connectivity index (χ4v) is 4.93. The summed E-state index contributed by atoms with van der Waals surface area (Å²) < 4.78 is 44.1. The Balaban J connectivity index is 2.80. The van der Waals surface area contributed by atoms with Gasteiger partial charge in [0.25, 0.3) is 0 Å². The fraction of sp³-hybridized carbons (Fsp3) is 0.333. The standard InChI is InChI=1S/C6H7ClO4S3/c7-14(10,11)5-4-13(8,9)6-2-1-3-12-6/h1-3H,4-5H2. The molecule has 0 saturated heterocycles. The first kappa shape index (κ1) is 12.0. The van der Waals surface area contributed by atoms with Crippen LogP contribution in [0.3, 0.4) is 0 Å². The summed E-state index contributed by atoms with van der Waals surface area (Å²) in [7, 11) is -2.33. The second-order valence-electron chi connectivity index (χ2n) is 2.49. The average molecular weight is 275 g/mol. The molecule has 1 heterocycles. The summed E-state index contributed by atoms with van der Waals surface area (Å²) in [5.74, 6) is -1.03. The second-order valence-corrected chi connectivity index (χ2v) is 8.67. The van der Waals surface area contributed by atoms with E-state index in [1.54, 1.807) is 11.4 Å². The zero-order valence-corrected chi connectivity index (χ0v) is 10.1. The molecule has 1 aromatic rings. The minimum atomic E-state index is -3.75. The number of halogens is 1. The number of thiophene rings is 1. The van der Waals surface area contributed by atoms with E-state index in [1.807, 2.05) is 0 Å². The van der Waals surface area contributed by atoms with E-state index in [0.29, 0.717) is 0 Å². The minimum absolute atomic E-state index is 0.165. The van der Waals surface area contributed by atoms with Crippen molar-refractivity contribution < 1.29 is 16.8 Å². The predicted molar refractivity (Wildman–Crippen MR) is 56.0 cm³/mol. The molecule has 0 amide bonds. The molecule has 0 atom stereocenters. The van der Waals surface area contributed by atoms with Crippen molar-refractivity contribution in [2.24, 2.45) is 0 Å². The number of rotatable bonds is 4. The van der Waals surface area contributed by atoms with Gasteiger partial charge in [-0.1, -0.05) is 6.07 Å². The zero-order chi connectivity index (χ0) is 10.8. The van der Waals surface area contributed by atoms with E-state index in [4.69, 9.17) is 10.7 Å². The highest BCUT2D eigenvalue weighted by Gasteiger charge is 2.18. The van der Waals surface area contributed by atoms with E-state index in [2.05, 4.69) is 0 Å². The molecular formula is C6H7ClO4S3. The molecule has 0 aromatic carbocycles. The molecule has 14 heavy (non-hydrogen) atoms. The van der Waals surface area contributed by atoms with E-state index < -0.39 is 30.4 Å². The third kappa shape index (κ3) is 3.56. The average Bonchev–Trinajstić information content (AvgIpc) is 2.52. The van der Waals surface area contributed by atoms with E-state index in [9.17, 15) is 16.8 Å². The van der Waals surface area contributed by atoms with E-state index in [1.165, 1.54) is 6.07 Å². The van der Waals surface area contributed by atoms with Crippen LogP contribution in [0.25, 0.3) is 0 Å². The summed E-state index contributed by atoms with van der Waals surface area (Å²) in [6.07, 6.45) is 0. The molecule has 0 unspecified atom stereocenters. The fourth-order valence-electron chi connectivity index (χ4n) is 0.750. The summed E-state index contributed by atoms with van der Waals surface area (Å²) in [4.78, 5) is 0. The quantitative estimate of drug-likeness (QED) is 0.771. The molecule has 0 aliphatic carbocycles. The van der Waals surface area contributed by atoms with Gasteiger partial charge in [0.15, 0.2) is 9.84 Å². The van der Waals surface area contributed by atoms with Gasteiger partial charge in [-0.2, -0.15) is 0 Å². The Labute approximate surface area is 90.9 Å². The molecule has 0 radical (unpaired) electrons. The van der Waals surface area contributed by atoms with Crippen LogP contribution in [0, 0.1) is 0 Å². The van der Waals surface area contributed by atoms with Crippen LogP contribution in [0.15, 0.2) is 21.7 Å². The summed E-state index contributed by atoms with van der Waals surface area (Å²) in [6.45, 7) is 0. The van der Waals surface area contributed by atoms with Crippen LogP contribution in [0.2, 0.25) is 0 Å². The van der Waals surface area contributed by atoms with Crippen LogP contribution in [0.1, 0.15) is 0 Å². The van der Waals surface area contributed by atoms with Crippen molar-refractivity contribution in [3.05, 3.63) is 17.5 Å². The Morgan fingerprint density at radius 2 is 1.86 bits per heavy atom. The van der Waals surface area contributed by atoms with Crippen LogP contribution in [-0.4, -0.2) is 28.3 Å². The first-order chi connectivity index (χ1) is 6.31. The number of sulfone groups is 1. The highest BCUT2D eigenvalue weighted by Crippen LogP contribution is 2.17. The Hall–Kier alpha value is -0.110. The van der Waals surface area contributed by atoms with Crippen molar-refractivity contribution in [1.82, 2.24) is 0 Å². The summed E-state index contributed by atoms with van der Waals surface area (Å²) in [6, 6.07) is 3.02. The van der Waals surface area contributed by atoms with Crippen molar-refractivity contribution in [2.45, 2.75) is 4.21 Å². The van der Waals surface area contributed by atoms with Crippen LogP contribution >= 0.6 is 22.0 Å². The van der Waals surface area contributed by atoms with Crippen molar-refractivity contribution in [3.8, 4) is 0 Å². The van der Waals surface area contributed by atoms with Gasteiger partial charge in [-0.3, -0.25) is 0 Å². The van der Waals surface area contributed by atoms with E-state index in [-0.39, 0.29) is 4.21 Å². The van der Waals surface area contributed by atoms with Crippen molar-refractivity contribution in [3.63, 3.8) is 0 Å². The lowest BCUT2D eigenvalue weighted by Crippen LogP contribution is -2.13. The molecule has 80 valence electrons. The monoisotopic (exact) mass is 274 g/mol. The molecule has 0 saturated carbocycles. The van der Waals surface area contributed by atoms with Gasteiger partial charge in [0.1, 0.15) is 4.21 Å². The maximum atomic E-state index is 11.4. The first-order valence-electron chi connectivity index (χ1n) is 3.50. The van der Waals surface area contributed by atoms with Gasteiger partial charge >= 0.3 is 0 Å². The van der Waals surface area contributed by atoms with Gasteiger partial charge in [0, 0.05) is 10.7 Å². The Morgan fingerprint density at radius 1 is 1.21 bits per heavy atom. The van der Waals surface area contributed by atoms with E-state index >= 15 is 0 Å². The molecule has 1 rings (SSSR count). The Morgan fingerprint density at radius 3 is 2.29 bits per heavy atom. The van der Waals surface area contributed by atoms with Crippen LogP contribution < -0.4 is 0 Å². The molecule has 0 aliphatic rings. The highest BCUT2D eigenvalue weighted by molar-refractivity contribution is 8.14. The third-order valence-corrected chi connectivity index (χ3v) is 6.01. The molecular weight excluding hydrogens is 268 g/mol. The molecule has 0 N–H and O–H groups in total. The van der Waals surface area contributed by atoms with Gasteiger partial charge in [0.05, 0.1) is 11.5 Å². The maximum Gasteiger partial charge on any atom is 0.233 e. The zero-order valence-electron chi connectivity index (χ0n) is 6.88. The van der Waals surface area contributed by atoms with Crippen molar-refractivity contribution >= 4 is 40.9 Å². The minimum Gasteiger partial charge on any atom is -0.223 e. The Kier molecular flexibility index (Phi) is 3.57. The molecule has 0 fully saturated rings. The lowest BCUT2D eigenvalue weighted by atomic mass is 10.7. The lowest BCUT2D eigenvalue weighted by Gasteiger charge is -1.98. The van der Waals surface area contributed by atoms with Gasteiger partial charge in [-0.15, -0.1) is 11.3 Å². The summed E-state index contributed by atoms with van der Waals surface area (Å²) in [5, 5.41) is 1.61. The van der Waals surface area contributed by atoms with Gasteiger partial charge in [0.2, 0.25) is 9.05 Å². The van der Waals surface area contributed by atoms with Gasteiger partial charge < -0.3 is 0 Å². The normalized spacial score (nSPS) is 12.9. The Bertz CT molecular complexity index is 485. The smallest absolute Gasteiger partial charge is 0.223 e. The van der Waals surface area contributed by atoms with Crippen molar-refractivity contribution in [1.29, 1.82) is 0 Å². The van der Waals surface area contributed by atoms with E-state index in [0.717, 1.165) is 11.3 Å². The largest absolute Gasteiger partial charge is 0.233 e. The van der Waals surface area contributed by atoms with Gasteiger partial charge in [-0.25, -0.2) is 16.8 Å². The van der Waals surface area contributed by atoms with Crippen LogP contribution in [0.5, 0.6) is 0 Å². The third-order valence-electron chi connectivity index (χ3n) is 1.40.